The van der Waals surface area contributed by atoms with Crippen LogP contribution in [0.3, 0.4) is 0 Å². The molecule has 9 heteroatoms. The van der Waals surface area contributed by atoms with Crippen LogP contribution >= 0.6 is 22.9 Å². The minimum absolute atomic E-state index is 0.0144. The Bertz CT molecular complexity index is 1270. The standard InChI is InChI=1S/C22H24ClN5O2S/c1-14(2)10-12-27-21(30)20-17(11-13-31-20)28-18(25-26-22(27)28)4-3-5-19(29)24-16-8-6-15(23)7-9-16/h6-9,11,13-14H,3-5,10,12H2,1-2H3,(H,24,29). The molecule has 0 spiro atoms. The van der Waals surface area contributed by atoms with Crippen LogP contribution in [0.1, 0.15) is 38.9 Å². The van der Waals surface area contributed by atoms with Gasteiger partial charge < -0.3 is 5.32 Å². The van der Waals surface area contributed by atoms with Crippen LogP contribution in [0.15, 0.2) is 40.5 Å². The van der Waals surface area contributed by atoms with E-state index < -0.39 is 0 Å². The zero-order valence-electron chi connectivity index (χ0n) is 17.5. The Balaban J connectivity index is 1.52. The van der Waals surface area contributed by atoms with E-state index in [0.29, 0.717) is 47.2 Å². The number of nitrogens with zero attached hydrogens (tertiary/aromatic N) is 4. The van der Waals surface area contributed by atoms with Crippen molar-refractivity contribution in [2.45, 2.75) is 46.1 Å². The number of thiophene rings is 1. The molecule has 31 heavy (non-hydrogen) atoms. The molecule has 3 aromatic heterocycles. The molecule has 1 amide bonds. The molecule has 0 saturated heterocycles. The predicted molar refractivity (Wildman–Crippen MR) is 125 cm³/mol. The van der Waals surface area contributed by atoms with Gasteiger partial charge in [0.2, 0.25) is 11.7 Å². The predicted octanol–water partition coefficient (Wildman–Crippen LogP) is 4.77. The number of hydrogen-bond donors (Lipinski definition) is 1. The van der Waals surface area contributed by atoms with E-state index in [1.54, 1.807) is 28.8 Å². The van der Waals surface area contributed by atoms with E-state index in [0.717, 1.165) is 23.4 Å². The van der Waals surface area contributed by atoms with Crippen molar-refractivity contribution in [3.63, 3.8) is 0 Å². The van der Waals surface area contributed by atoms with Crippen molar-refractivity contribution in [3.05, 3.63) is 56.9 Å². The monoisotopic (exact) mass is 457 g/mol. The van der Waals surface area contributed by atoms with Gasteiger partial charge in [0.15, 0.2) is 0 Å². The van der Waals surface area contributed by atoms with Gasteiger partial charge in [0, 0.05) is 30.1 Å². The van der Waals surface area contributed by atoms with Crippen molar-refractivity contribution < 1.29 is 4.79 Å². The average Bonchev–Trinajstić information content (AvgIpc) is 3.37. The lowest BCUT2D eigenvalue weighted by Crippen LogP contribution is -2.23. The molecule has 7 nitrogen and oxygen atoms in total. The molecule has 0 fully saturated rings. The summed E-state index contributed by atoms with van der Waals surface area (Å²) >= 11 is 7.31. The van der Waals surface area contributed by atoms with E-state index >= 15 is 0 Å². The maximum Gasteiger partial charge on any atom is 0.272 e. The number of nitrogens with one attached hydrogen (secondary N) is 1. The molecule has 4 aromatic rings. The van der Waals surface area contributed by atoms with E-state index in [9.17, 15) is 9.59 Å². The summed E-state index contributed by atoms with van der Waals surface area (Å²) in [6, 6.07) is 8.96. The largest absolute Gasteiger partial charge is 0.326 e. The van der Waals surface area contributed by atoms with Crippen molar-refractivity contribution >= 4 is 50.5 Å². The van der Waals surface area contributed by atoms with Crippen LogP contribution < -0.4 is 10.9 Å². The fourth-order valence-corrected chi connectivity index (χ4v) is 4.45. The lowest BCUT2D eigenvalue weighted by atomic mass is 10.1. The zero-order chi connectivity index (χ0) is 22.0. The van der Waals surface area contributed by atoms with Gasteiger partial charge in [-0.05, 0) is 54.5 Å². The minimum Gasteiger partial charge on any atom is -0.326 e. The summed E-state index contributed by atoms with van der Waals surface area (Å²) in [5, 5.41) is 14.1. The summed E-state index contributed by atoms with van der Waals surface area (Å²) < 4.78 is 4.39. The van der Waals surface area contributed by atoms with Crippen molar-refractivity contribution in [1.82, 2.24) is 19.2 Å². The van der Waals surface area contributed by atoms with Crippen LogP contribution in [0.2, 0.25) is 5.02 Å². The van der Waals surface area contributed by atoms with Gasteiger partial charge in [0.05, 0.1) is 5.52 Å². The molecule has 0 aliphatic heterocycles. The number of carbonyl (C=O) groups excluding carboxylic acids is 1. The molecule has 4 rings (SSSR count). The highest BCUT2D eigenvalue weighted by Gasteiger charge is 2.17. The number of carbonyl (C=O) groups is 1. The highest BCUT2D eigenvalue weighted by molar-refractivity contribution is 7.17. The van der Waals surface area contributed by atoms with Gasteiger partial charge in [-0.2, -0.15) is 0 Å². The zero-order valence-corrected chi connectivity index (χ0v) is 19.0. The first kappa shape index (κ1) is 21.5. The average molecular weight is 458 g/mol. The molecule has 162 valence electrons. The number of halogens is 1. The van der Waals surface area contributed by atoms with Crippen LogP contribution in [0.25, 0.3) is 16.0 Å². The van der Waals surface area contributed by atoms with E-state index in [1.807, 2.05) is 15.8 Å². The Morgan fingerprint density at radius 2 is 1.97 bits per heavy atom. The van der Waals surface area contributed by atoms with Gasteiger partial charge in [-0.15, -0.1) is 21.5 Å². The van der Waals surface area contributed by atoms with E-state index in [1.165, 1.54) is 11.3 Å². The molecule has 0 aliphatic rings. The number of fused-ring (bicyclic) bond motifs is 3. The van der Waals surface area contributed by atoms with E-state index in [2.05, 4.69) is 29.4 Å². The highest BCUT2D eigenvalue weighted by atomic mass is 35.5. The maximum absolute atomic E-state index is 13.0. The Hall–Kier alpha value is -2.71. The van der Waals surface area contributed by atoms with E-state index in [-0.39, 0.29) is 11.5 Å². The molecule has 0 bridgehead atoms. The lowest BCUT2D eigenvalue weighted by molar-refractivity contribution is -0.116. The molecule has 1 aromatic carbocycles. The smallest absolute Gasteiger partial charge is 0.272 e. The maximum atomic E-state index is 13.0. The fraction of sp³-hybridized carbons (Fsp3) is 0.364. The Morgan fingerprint density at radius 1 is 1.19 bits per heavy atom. The second-order valence-corrected chi connectivity index (χ2v) is 9.29. The first-order valence-electron chi connectivity index (χ1n) is 10.3. The van der Waals surface area contributed by atoms with Crippen molar-refractivity contribution in [3.8, 4) is 0 Å². The summed E-state index contributed by atoms with van der Waals surface area (Å²) in [7, 11) is 0. The van der Waals surface area contributed by atoms with Crippen LogP contribution in [0.4, 0.5) is 5.69 Å². The van der Waals surface area contributed by atoms with Gasteiger partial charge in [-0.3, -0.25) is 18.6 Å². The van der Waals surface area contributed by atoms with Gasteiger partial charge in [-0.1, -0.05) is 25.4 Å². The molecule has 0 unspecified atom stereocenters. The summed E-state index contributed by atoms with van der Waals surface area (Å²) in [6.07, 6.45) is 2.45. The topological polar surface area (TPSA) is 81.3 Å². The van der Waals surface area contributed by atoms with Gasteiger partial charge in [0.25, 0.3) is 5.56 Å². The number of benzene rings is 1. The second kappa shape index (κ2) is 9.20. The lowest BCUT2D eigenvalue weighted by Gasteiger charge is -2.11. The van der Waals surface area contributed by atoms with Crippen molar-refractivity contribution in [2.75, 3.05) is 5.32 Å². The molecular weight excluding hydrogens is 434 g/mol. The summed E-state index contributed by atoms with van der Waals surface area (Å²) in [6.45, 7) is 4.88. The Kier molecular flexibility index (Phi) is 6.38. The minimum atomic E-state index is -0.0642. The Morgan fingerprint density at radius 3 is 2.71 bits per heavy atom. The molecule has 0 atom stereocenters. The first-order chi connectivity index (χ1) is 14.9. The van der Waals surface area contributed by atoms with Crippen LogP contribution in [0, 0.1) is 5.92 Å². The SMILES string of the molecule is CC(C)CCn1c(=O)c2sccc2n2c(CCCC(=O)Nc3ccc(Cl)cc3)nnc12. The highest BCUT2D eigenvalue weighted by Crippen LogP contribution is 2.21. The third-order valence-corrected chi connectivity index (χ3v) is 6.29. The quantitative estimate of drug-likeness (QED) is 0.413. The van der Waals surface area contributed by atoms with Gasteiger partial charge in [0.1, 0.15) is 10.5 Å². The first-order valence-corrected chi connectivity index (χ1v) is 11.6. The van der Waals surface area contributed by atoms with Gasteiger partial charge >= 0.3 is 0 Å². The summed E-state index contributed by atoms with van der Waals surface area (Å²) in [5.41, 5.74) is 1.53. The number of aromatic nitrogens is 4. The van der Waals surface area contributed by atoms with Crippen LogP contribution in [-0.2, 0) is 17.8 Å². The number of anilines is 1. The van der Waals surface area contributed by atoms with Crippen molar-refractivity contribution in [2.24, 2.45) is 5.92 Å². The molecule has 0 radical (unpaired) electrons. The normalized spacial score (nSPS) is 11.6. The third kappa shape index (κ3) is 4.65. The second-order valence-electron chi connectivity index (χ2n) is 7.93. The molecule has 3 heterocycles. The van der Waals surface area contributed by atoms with Gasteiger partial charge in [-0.25, -0.2) is 0 Å². The third-order valence-electron chi connectivity index (χ3n) is 5.14. The molecular formula is C22H24ClN5O2S. The Labute approximate surface area is 188 Å². The summed E-state index contributed by atoms with van der Waals surface area (Å²) in [5.74, 6) is 1.74. The number of hydrogen-bond acceptors (Lipinski definition) is 5. The van der Waals surface area contributed by atoms with Crippen LogP contribution in [0.5, 0.6) is 0 Å². The van der Waals surface area contributed by atoms with E-state index in [4.69, 9.17) is 11.6 Å². The molecule has 0 aliphatic carbocycles. The number of amides is 1. The van der Waals surface area contributed by atoms with Crippen molar-refractivity contribution in [1.29, 1.82) is 0 Å². The molecule has 0 saturated carbocycles. The summed E-state index contributed by atoms with van der Waals surface area (Å²) in [4.78, 5) is 25.2. The number of aryl methyl sites for hydroxylation is 2. The van der Waals surface area contributed by atoms with Crippen LogP contribution in [-0.4, -0.2) is 25.1 Å². The fourth-order valence-electron chi connectivity index (χ4n) is 3.50. The molecule has 1 N–H and O–H groups in total. The number of rotatable bonds is 8.